The SMILES string of the molecule is CCCCCCC/C=C\C/C=C\C/C=C\CCCCCCCCC(=O)NC(CO)C(O)CCCCCCCCCCC. The fraction of sp³-hybridized carbons (Fsp3) is 0.816. The van der Waals surface area contributed by atoms with Crippen molar-refractivity contribution in [1.29, 1.82) is 0 Å². The summed E-state index contributed by atoms with van der Waals surface area (Å²) in [6.07, 6.45) is 43.4. The van der Waals surface area contributed by atoms with E-state index in [-0.39, 0.29) is 12.5 Å². The minimum Gasteiger partial charge on any atom is -0.394 e. The Bertz CT molecular complexity index is 642. The highest BCUT2D eigenvalue weighted by Crippen LogP contribution is 2.13. The van der Waals surface area contributed by atoms with E-state index in [0.29, 0.717) is 12.8 Å². The van der Waals surface area contributed by atoms with E-state index in [1.165, 1.54) is 103 Å². The van der Waals surface area contributed by atoms with Crippen LogP contribution in [0.15, 0.2) is 36.5 Å². The van der Waals surface area contributed by atoms with Gasteiger partial charge in [-0.2, -0.15) is 0 Å². The summed E-state index contributed by atoms with van der Waals surface area (Å²) in [5, 5.41) is 22.9. The van der Waals surface area contributed by atoms with Crippen LogP contribution in [0.2, 0.25) is 0 Å². The van der Waals surface area contributed by atoms with Crippen molar-refractivity contribution in [3.05, 3.63) is 36.5 Å². The van der Waals surface area contributed by atoms with Crippen LogP contribution in [-0.2, 0) is 4.79 Å². The van der Waals surface area contributed by atoms with E-state index in [1.807, 2.05) is 0 Å². The lowest BCUT2D eigenvalue weighted by atomic mass is 10.0. The number of amides is 1. The molecule has 0 rings (SSSR count). The number of unbranched alkanes of at least 4 members (excludes halogenated alkanes) is 19. The second-order valence-corrected chi connectivity index (χ2v) is 12.3. The van der Waals surface area contributed by atoms with Crippen molar-refractivity contribution in [2.24, 2.45) is 0 Å². The van der Waals surface area contributed by atoms with Crippen LogP contribution in [-0.4, -0.2) is 34.9 Å². The number of carbonyl (C=O) groups excluding carboxylic acids is 1. The number of allylic oxidation sites excluding steroid dienone is 6. The molecule has 0 aromatic heterocycles. The molecule has 2 atom stereocenters. The molecule has 1 amide bonds. The monoisotopic (exact) mass is 590 g/mol. The Hall–Kier alpha value is -1.39. The van der Waals surface area contributed by atoms with E-state index in [4.69, 9.17) is 0 Å². The Morgan fingerprint density at radius 3 is 1.45 bits per heavy atom. The number of hydrogen-bond acceptors (Lipinski definition) is 3. The van der Waals surface area contributed by atoms with Gasteiger partial charge in [-0.05, 0) is 51.4 Å². The number of rotatable bonds is 32. The molecule has 0 spiro atoms. The van der Waals surface area contributed by atoms with Crippen LogP contribution in [0.5, 0.6) is 0 Å². The highest BCUT2D eigenvalue weighted by molar-refractivity contribution is 5.76. The number of aliphatic hydroxyl groups excluding tert-OH is 2. The Kier molecular flexibility index (Phi) is 33.0. The zero-order valence-corrected chi connectivity index (χ0v) is 28.0. The minimum absolute atomic E-state index is 0.0480. The van der Waals surface area contributed by atoms with Gasteiger partial charge >= 0.3 is 0 Å². The molecule has 0 fully saturated rings. The van der Waals surface area contributed by atoms with E-state index >= 15 is 0 Å². The molecule has 42 heavy (non-hydrogen) atoms. The maximum atomic E-state index is 12.3. The van der Waals surface area contributed by atoms with Crippen molar-refractivity contribution >= 4 is 5.91 Å². The van der Waals surface area contributed by atoms with Gasteiger partial charge in [0.2, 0.25) is 5.91 Å². The zero-order valence-electron chi connectivity index (χ0n) is 28.0. The lowest BCUT2D eigenvalue weighted by Crippen LogP contribution is -2.45. The smallest absolute Gasteiger partial charge is 0.220 e. The van der Waals surface area contributed by atoms with Crippen LogP contribution >= 0.6 is 0 Å². The molecule has 0 saturated heterocycles. The predicted octanol–water partition coefficient (Wildman–Crippen LogP) is 10.7. The topological polar surface area (TPSA) is 69.6 Å². The third-order valence-electron chi connectivity index (χ3n) is 8.15. The van der Waals surface area contributed by atoms with Crippen molar-refractivity contribution < 1.29 is 15.0 Å². The van der Waals surface area contributed by atoms with Gasteiger partial charge in [0.1, 0.15) is 0 Å². The van der Waals surface area contributed by atoms with Crippen LogP contribution < -0.4 is 5.32 Å². The molecule has 0 aliphatic heterocycles. The molecular formula is C38H71NO3. The van der Waals surface area contributed by atoms with E-state index in [9.17, 15) is 15.0 Å². The lowest BCUT2D eigenvalue weighted by molar-refractivity contribution is -0.123. The van der Waals surface area contributed by atoms with Crippen LogP contribution in [0, 0.1) is 0 Å². The highest BCUT2D eigenvalue weighted by Gasteiger charge is 2.19. The first-order valence-corrected chi connectivity index (χ1v) is 18.2. The van der Waals surface area contributed by atoms with Gasteiger partial charge in [0.05, 0.1) is 18.8 Å². The molecule has 0 radical (unpaired) electrons. The fourth-order valence-corrected chi connectivity index (χ4v) is 5.31. The number of aliphatic hydroxyl groups is 2. The van der Waals surface area contributed by atoms with E-state index in [2.05, 4.69) is 55.6 Å². The largest absolute Gasteiger partial charge is 0.394 e. The van der Waals surface area contributed by atoms with Gasteiger partial charge in [-0.15, -0.1) is 0 Å². The van der Waals surface area contributed by atoms with Crippen LogP contribution in [0.4, 0.5) is 0 Å². The molecule has 4 nitrogen and oxygen atoms in total. The predicted molar refractivity (Wildman–Crippen MR) is 184 cm³/mol. The molecule has 0 aliphatic carbocycles. The first kappa shape index (κ1) is 40.6. The van der Waals surface area contributed by atoms with E-state index < -0.39 is 12.1 Å². The lowest BCUT2D eigenvalue weighted by Gasteiger charge is -2.22. The molecule has 2 unspecified atom stereocenters. The standard InChI is InChI=1S/C38H71NO3/c1-3-5-7-9-11-13-14-15-16-17-18-19-20-21-22-23-24-26-28-30-32-34-38(42)39-36(35-40)37(41)33-31-29-27-25-12-10-8-6-4-2/h14-15,17-18,20-21,36-37,40-41H,3-13,16,19,22-35H2,1-2H3,(H,39,42)/b15-14-,18-17-,21-20-. The second kappa shape index (κ2) is 34.1. The van der Waals surface area contributed by atoms with Crippen LogP contribution in [0.1, 0.15) is 181 Å². The van der Waals surface area contributed by atoms with Gasteiger partial charge in [0.25, 0.3) is 0 Å². The molecule has 0 aromatic carbocycles. The maximum absolute atomic E-state index is 12.3. The third-order valence-corrected chi connectivity index (χ3v) is 8.15. The maximum Gasteiger partial charge on any atom is 0.220 e. The third kappa shape index (κ3) is 30.1. The number of carbonyl (C=O) groups is 1. The first-order chi connectivity index (χ1) is 20.7. The summed E-state index contributed by atoms with van der Waals surface area (Å²) in [6.45, 7) is 4.30. The summed E-state index contributed by atoms with van der Waals surface area (Å²) >= 11 is 0. The van der Waals surface area contributed by atoms with Crippen molar-refractivity contribution in [2.45, 2.75) is 193 Å². The van der Waals surface area contributed by atoms with Crippen molar-refractivity contribution in [1.82, 2.24) is 5.32 Å². The Labute approximate surface area is 261 Å². The Morgan fingerprint density at radius 1 is 0.571 bits per heavy atom. The second-order valence-electron chi connectivity index (χ2n) is 12.3. The Morgan fingerprint density at radius 2 is 0.976 bits per heavy atom. The van der Waals surface area contributed by atoms with E-state index in [0.717, 1.165) is 51.4 Å². The summed E-state index contributed by atoms with van der Waals surface area (Å²) in [5.74, 6) is -0.0480. The molecule has 0 saturated carbocycles. The van der Waals surface area contributed by atoms with E-state index in [1.54, 1.807) is 0 Å². The summed E-state index contributed by atoms with van der Waals surface area (Å²) < 4.78 is 0. The summed E-state index contributed by atoms with van der Waals surface area (Å²) in [4.78, 5) is 12.3. The quantitative estimate of drug-likeness (QED) is 0.0540. The minimum atomic E-state index is -0.662. The normalized spacial score (nSPS) is 13.5. The van der Waals surface area contributed by atoms with Gasteiger partial charge in [-0.25, -0.2) is 0 Å². The first-order valence-electron chi connectivity index (χ1n) is 18.2. The average Bonchev–Trinajstić information content (AvgIpc) is 2.99. The summed E-state index contributed by atoms with van der Waals surface area (Å²) in [7, 11) is 0. The van der Waals surface area contributed by atoms with Gasteiger partial charge in [0.15, 0.2) is 0 Å². The molecule has 3 N–H and O–H groups in total. The Balaban J connectivity index is 3.60. The zero-order chi connectivity index (χ0) is 30.8. The van der Waals surface area contributed by atoms with Crippen molar-refractivity contribution in [3.63, 3.8) is 0 Å². The molecule has 0 aliphatic rings. The van der Waals surface area contributed by atoms with Crippen LogP contribution in [0.3, 0.4) is 0 Å². The van der Waals surface area contributed by atoms with Gasteiger partial charge < -0.3 is 15.5 Å². The van der Waals surface area contributed by atoms with Crippen molar-refractivity contribution in [3.8, 4) is 0 Å². The molecule has 246 valence electrons. The molecular weight excluding hydrogens is 518 g/mol. The average molecular weight is 590 g/mol. The number of hydrogen-bond donors (Lipinski definition) is 3. The van der Waals surface area contributed by atoms with Gasteiger partial charge in [0, 0.05) is 6.42 Å². The van der Waals surface area contributed by atoms with Gasteiger partial charge in [-0.3, -0.25) is 4.79 Å². The molecule has 0 aromatic rings. The summed E-state index contributed by atoms with van der Waals surface area (Å²) in [6, 6.07) is -0.540. The molecule has 4 heteroatoms. The van der Waals surface area contributed by atoms with Gasteiger partial charge in [-0.1, -0.05) is 159 Å². The summed E-state index contributed by atoms with van der Waals surface area (Å²) in [5.41, 5.74) is 0. The van der Waals surface area contributed by atoms with Crippen LogP contribution in [0.25, 0.3) is 0 Å². The highest BCUT2D eigenvalue weighted by atomic mass is 16.3. The van der Waals surface area contributed by atoms with Crippen molar-refractivity contribution in [2.75, 3.05) is 6.61 Å². The fourth-order valence-electron chi connectivity index (χ4n) is 5.31. The molecule has 0 bridgehead atoms. The number of nitrogens with one attached hydrogen (secondary N) is 1. The molecule has 0 heterocycles.